The van der Waals surface area contributed by atoms with Crippen LogP contribution in [0, 0.1) is 10.4 Å². The minimum Gasteiger partial charge on any atom is -0.608 e. The summed E-state index contributed by atoms with van der Waals surface area (Å²) in [6.07, 6.45) is 2.68. The second-order valence-corrected chi connectivity index (χ2v) is 6.97. The molecule has 0 aromatic heterocycles. The van der Waals surface area contributed by atoms with Crippen molar-refractivity contribution in [2.45, 2.75) is 24.4 Å². The van der Waals surface area contributed by atoms with Crippen molar-refractivity contribution >= 4 is 0 Å². The first kappa shape index (κ1) is 21.0. The number of benzene rings is 1. The normalized spacial score (nSPS) is 29.5. The molecule has 8 N–H and O–H groups in total. The third kappa shape index (κ3) is 5.65. The van der Waals surface area contributed by atoms with E-state index in [-0.39, 0.29) is 34.8 Å². The Kier molecular flexibility index (Phi) is 7.65. The van der Waals surface area contributed by atoms with Gasteiger partial charge in [-0.25, -0.2) is 0 Å². The first-order valence-corrected chi connectivity index (χ1v) is 9.48. The zero-order valence-electron chi connectivity index (χ0n) is 15.8. The van der Waals surface area contributed by atoms with Gasteiger partial charge in [-0.15, -0.1) is 0 Å². The molecule has 28 heavy (non-hydrogen) atoms. The molecule has 154 valence electrons. The maximum absolute atomic E-state index is 11.3. The molecule has 0 bridgehead atoms. The van der Waals surface area contributed by atoms with Gasteiger partial charge in [0.15, 0.2) is 0 Å². The van der Waals surface area contributed by atoms with E-state index in [1.165, 1.54) is 12.4 Å². The van der Waals surface area contributed by atoms with Crippen LogP contribution in [-0.2, 0) is 0 Å². The van der Waals surface area contributed by atoms with Gasteiger partial charge in [0.1, 0.15) is 12.4 Å². The largest absolute Gasteiger partial charge is 0.608 e. The van der Waals surface area contributed by atoms with Crippen LogP contribution in [-0.4, -0.2) is 38.3 Å². The fourth-order valence-corrected chi connectivity index (χ4v) is 3.39. The Bertz CT molecular complexity index is 588. The van der Waals surface area contributed by atoms with Crippen LogP contribution in [0.1, 0.15) is 23.5 Å². The zero-order valence-corrected chi connectivity index (χ0v) is 15.8. The molecule has 2 fully saturated rings. The molecule has 6 unspecified atom stereocenters. The maximum Gasteiger partial charge on any atom is 0.106 e. The minimum atomic E-state index is -0.159. The smallest absolute Gasteiger partial charge is 0.106 e. The molecule has 0 aliphatic carbocycles. The molecule has 0 amide bonds. The van der Waals surface area contributed by atoms with E-state index in [1.54, 1.807) is 0 Å². The van der Waals surface area contributed by atoms with Crippen molar-refractivity contribution < 1.29 is 10.3 Å². The molecule has 2 saturated heterocycles. The van der Waals surface area contributed by atoms with E-state index in [0.717, 1.165) is 24.2 Å². The standard InChI is InChI=1S/C18H30N8O2/c1-3-25(27)21-11-15-9-19-17(23-15)13-5-7-14(8-6-13)18-20-10-16(24-18)12-22-26(28)4-2/h3-8,15-26H,1-2,9-12H2. The Morgan fingerprint density at radius 3 is 1.61 bits per heavy atom. The Morgan fingerprint density at radius 2 is 1.25 bits per heavy atom. The van der Waals surface area contributed by atoms with E-state index < -0.39 is 0 Å². The summed E-state index contributed by atoms with van der Waals surface area (Å²) in [7, 11) is 0. The van der Waals surface area contributed by atoms with Gasteiger partial charge < -0.3 is 10.4 Å². The van der Waals surface area contributed by atoms with Gasteiger partial charge in [0, 0.05) is 25.2 Å². The van der Waals surface area contributed by atoms with E-state index in [9.17, 15) is 10.4 Å². The molecule has 2 heterocycles. The summed E-state index contributed by atoms with van der Waals surface area (Å²) < 4.78 is 0. The molecule has 0 saturated carbocycles. The van der Waals surface area contributed by atoms with E-state index in [1.807, 2.05) is 0 Å². The van der Waals surface area contributed by atoms with E-state index in [2.05, 4.69) is 69.5 Å². The van der Waals surface area contributed by atoms with Crippen molar-refractivity contribution in [3.63, 3.8) is 0 Å². The highest BCUT2D eigenvalue weighted by Gasteiger charge is 2.26. The molecule has 6 atom stereocenters. The van der Waals surface area contributed by atoms with Crippen molar-refractivity contribution in [2.75, 3.05) is 26.2 Å². The van der Waals surface area contributed by atoms with Gasteiger partial charge in [-0.1, -0.05) is 24.3 Å². The number of hydroxylamine groups is 2. The second-order valence-electron chi connectivity index (χ2n) is 6.97. The third-order valence-corrected chi connectivity index (χ3v) is 4.96. The average molecular weight is 390 g/mol. The molecular formula is C18H30N8O2. The van der Waals surface area contributed by atoms with Crippen molar-refractivity contribution in [2.24, 2.45) is 0 Å². The molecule has 2 aliphatic rings. The summed E-state index contributed by atoms with van der Waals surface area (Å²) >= 11 is 0. The van der Waals surface area contributed by atoms with Crippen LogP contribution in [0.3, 0.4) is 0 Å². The lowest BCUT2D eigenvalue weighted by molar-refractivity contribution is -0.842. The predicted molar refractivity (Wildman–Crippen MR) is 107 cm³/mol. The summed E-state index contributed by atoms with van der Waals surface area (Å²) in [4.78, 5) is 0. The van der Waals surface area contributed by atoms with Gasteiger partial charge >= 0.3 is 0 Å². The summed E-state index contributed by atoms with van der Waals surface area (Å²) in [5, 5.41) is 36.1. The Morgan fingerprint density at radius 1 is 0.857 bits per heavy atom. The number of hydrogen-bond donors (Lipinski definition) is 8. The van der Waals surface area contributed by atoms with E-state index in [0.29, 0.717) is 13.1 Å². The van der Waals surface area contributed by atoms with Gasteiger partial charge in [0.05, 0.1) is 25.4 Å². The lowest BCUT2D eigenvalue weighted by Gasteiger charge is -2.20. The number of rotatable bonds is 10. The lowest BCUT2D eigenvalue weighted by atomic mass is 10.1. The average Bonchev–Trinajstić information content (AvgIpc) is 3.40. The summed E-state index contributed by atoms with van der Waals surface area (Å²) in [5.74, 6) is 0. The van der Waals surface area contributed by atoms with Crippen LogP contribution in [0.2, 0.25) is 0 Å². The van der Waals surface area contributed by atoms with E-state index >= 15 is 0 Å². The molecule has 0 radical (unpaired) electrons. The molecule has 2 aliphatic heterocycles. The molecule has 3 rings (SSSR count). The van der Waals surface area contributed by atoms with Crippen LogP contribution >= 0.6 is 0 Å². The fourth-order valence-electron chi connectivity index (χ4n) is 3.39. The lowest BCUT2D eigenvalue weighted by Crippen LogP contribution is -3.10. The SMILES string of the molecule is C=C[NH+]([O-])NCC1CNC(c2ccc(C3NCC(CN[NH+]([O-])C=C)N3)cc2)N1. The summed E-state index contributed by atoms with van der Waals surface area (Å²) in [6.45, 7) is 9.60. The first-order valence-electron chi connectivity index (χ1n) is 9.48. The van der Waals surface area contributed by atoms with Crippen LogP contribution in [0.25, 0.3) is 0 Å². The van der Waals surface area contributed by atoms with Gasteiger partial charge in [-0.2, -0.15) is 10.9 Å². The van der Waals surface area contributed by atoms with Crippen LogP contribution in [0.5, 0.6) is 0 Å². The maximum atomic E-state index is 11.3. The Labute approximate surface area is 165 Å². The summed E-state index contributed by atoms with van der Waals surface area (Å²) in [5.41, 5.74) is 7.91. The van der Waals surface area contributed by atoms with Crippen molar-refractivity contribution in [3.05, 3.63) is 71.4 Å². The molecule has 10 heteroatoms. The fraction of sp³-hybridized carbons (Fsp3) is 0.444. The highest BCUT2D eigenvalue weighted by molar-refractivity contribution is 5.28. The molecule has 0 spiro atoms. The molecular weight excluding hydrogens is 360 g/mol. The molecule has 1 aromatic carbocycles. The number of hydrogen-bond acceptors (Lipinski definition) is 8. The van der Waals surface area contributed by atoms with Crippen LogP contribution in [0.4, 0.5) is 0 Å². The number of nitrogens with one attached hydrogen (secondary N) is 8. The third-order valence-electron chi connectivity index (χ3n) is 4.96. The highest BCUT2D eigenvalue weighted by atomic mass is 16.5. The molecule has 10 nitrogen and oxygen atoms in total. The second kappa shape index (κ2) is 10.2. The van der Waals surface area contributed by atoms with Gasteiger partial charge in [0.25, 0.3) is 0 Å². The van der Waals surface area contributed by atoms with Gasteiger partial charge in [-0.05, 0) is 24.3 Å². The highest BCUT2D eigenvalue weighted by Crippen LogP contribution is 2.20. The van der Waals surface area contributed by atoms with Crippen LogP contribution in [0.15, 0.2) is 49.8 Å². The topological polar surface area (TPSA) is 127 Å². The minimum absolute atomic E-state index is 0.0612. The Hall–Kier alpha value is -1.70. The quantitative estimate of drug-likeness (QED) is 0.197. The zero-order chi connectivity index (χ0) is 19.9. The summed E-state index contributed by atoms with van der Waals surface area (Å²) in [6, 6.07) is 8.75. The number of quaternary nitrogens is 2. The van der Waals surface area contributed by atoms with Crippen molar-refractivity contribution in [1.82, 2.24) is 32.1 Å². The monoisotopic (exact) mass is 390 g/mol. The van der Waals surface area contributed by atoms with Gasteiger partial charge in [0.2, 0.25) is 0 Å². The Balaban J connectivity index is 1.46. The predicted octanol–water partition coefficient (Wildman–Crippen LogP) is -3.13. The van der Waals surface area contributed by atoms with Crippen LogP contribution < -0.4 is 42.5 Å². The van der Waals surface area contributed by atoms with Crippen molar-refractivity contribution in [3.8, 4) is 0 Å². The molecule has 1 aromatic rings. The van der Waals surface area contributed by atoms with Crippen molar-refractivity contribution in [1.29, 1.82) is 0 Å². The van der Waals surface area contributed by atoms with E-state index in [4.69, 9.17) is 0 Å². The van der Waals surface area contributed by atoms with Gasteiger partial charge in [-0.3, -0.25) is 31.6 Å². The first-order chi connectivity index (χ1) is 13.6.